The fraction of sp³-hybridized carbons (Fsp3) is 0.412. The monoisotopic (exact) mass is 473 g/mol. The fourth-order valence-corrected chi connectivity index (χ4v) is 3.56. The van der Waals surface area contributed by atoms with E-state index in [0.29, 0.717) is 21.9 Å². The number of rotatable bonds is 10. The van der Waals surface area contributed by atoms with Crippen LogP contribution in [-0.2, 0) is 10.0 Å². The van der Waals surface area contributed by atoms with Crippen molar-refractivity contribution >= 4 is 43.4 Å². The number of aliphatic hydroxyl groups is 2. The molecule has 0 unspecified atom stereocenters. The minimum absolute atomic E-state index is 0.0306. The standard InChI is InChI=1S/C17H24BrN5O4S/c1-11(2)15(10-25)22-16-14(18)9-19-17(23-16)21-12-3-5-13(6-4-12)28(26,27)20-7-8-24/h3-6,9,11,15,20,24-25H,7-8,10H2,1-2H3,(H2,19,21,22,23)/t15-/m0/s1. The summed E-state index contributed by atoms with van der Waals surface area (Å²) in [5.74, 6) is 1.06. The van der Waals surface area contributed by atoms with Crippen molar-refractivity contribution in [3.05, 3.63) is 34.9 Å². The van der Waals surface area contributed by atoms with Crippen LogP contribution in [0.3, 0.4) is 0 Å². The van der Waals surface area contributed by atoms with Crippen LogP contribution in [-0.4, -0.2) is 54.4 Å². The van der Waals surface area contributed by atoms with Gasteiger partial charge in [-0.3, -0.25) is 0 Å². The molecule has 1 aromatic heterocycles. The molecule has 1 heterocycles. The number of hydrogen-bond acceptors (Lipinski definition) is 8. The second kappa shape index (κ2) is 10.1. The molecule has 1 aromatic carbocycles. The lowest BCUT2D eigenvalue weighted by molar-refractivity contribution is 0.249. The smallest absolute Gasteiger partial charge is 0.240 e. The highest BCUT2D eigenvalue weighted by Gasteiger charge is 2.16. The first-order valence-corrected chi connectivity index (χ1v) is 10.9. The Morgan fingerprint density at radius 3 is 2.43 bits per heavy atom. The van der Waals surface area contributed by atoms with Gasteiger partial charge in [0, 0.05) is 18.4 Å². The number of aromatic nitrogens is 2. The van der Waals surface area contributed by atoms with E-state index >= 15 is 0 Å². The molecule has 0 saturated heterocycles. The number of anilines is 3. The summed E-state index contributed by atoms with van der Waals surface area (Å²) in [5, 5.41) is 24.4. The summed E-state index contributed by atoms with van der Waals surface area (Å²) in [7, 11) is -3.66. The highest BCUT2D eigenvalue weighted by molar-refractivity contribution is 9.10. The molecule has 0 aliphatic heterocycles. The Hall–Kier alpha value is -1.79. The van der Waals surface area contributed by atoms with Crippen molar-refractivity contribution in [2.75, 3.05) is 30.4 Å². The van der Waals surface area contributed by atoms with Gasteiger partial charge in [0.1, 0.15) is 5.82 Å². The van der Waals surface area contributed by atoms with Gasteiger partial charge in [-0.1, -0.05) is 13.8 Å². The van der Waals surface area contributed by atoms with Crippen LogP contribution in [0.15, 0.2) is 39.8 Å². The lowest BCUT2D eigenvalue weighted by atomic mass is 10.1. The molecule has 0 spiro atoms. The van der Waals surface area contributed by atoms with Crippen LogP contribution in [0.5, 0.6) is 0 Å². The van der Waals surface area contributed by atoms with Gasteiger partial charge in [0.2, 0.25) is 16.0 Å². The lowest BCUT2D eigenvalue weighted by Crippen LogP contribution is -2.30. The second-order valence-electron chi connectivity index (χ2n) is 6.34. The van der Waals surface area contributed by atoms with Crippen LogP contribution in [0, 0.1) is 5.92 Å². The van der Waals surface area contributed by atoms with Gasteiger partial charge in [-0.25, -0.2) is 18.1 Å². The first-order chi connectivity index (χ1) is 13.3. The minimum Gasteiger partial charge on any atom is -0.395 e. The van der Waals surface area contributed by atoms with Crippen molar-refractivity contribution in [3.63, 3.8) is 0 Å². The van der Waals surface area contributed by atoms with Crippen LogP contribution >= 0.6 is 15.9 Å². The molecule has 0 bridgehead atoms. The molecule has 0 amide bonds. The van der Waals surface area contributed by atoms with Gasteiger partial charge in [0.05, 0.1) is 28.6 Å². The van der Waals surface area contributed by atoms with Crippen LogP contribution < -0.4 is 15.4 Å². The fourth-order valence-electron chi connectivity index (χ4n) is 2.24. The minimum atomic E-state index is -3.66. The molecule has 2 aromatic rings. The summed E-state index contributed by atoms with van der Waals surface area (Å²) in [4.78, 5) is 8.68. The molecule has 9 nitrogen and oxygen atoms in total. The van der Waals surface area contributed by atoms with E-state index in [0.717, 1.165) is 0 Å². The maximum atomic E-state index is 12.0. The molecule has 0 aliphatic carbocycles. The molecular formula is C17H24BrN5O4S. The summed E-state index contributed by atoms with van der Waals surface area (Å²) < 4.78 is 27.0. The highest BCUT2D eigenvalue weighted by atomic mass is 79.9. The summed E-state index contributed by atoms with van der Waals surface area (Å²) in [6, 6.07) is 5.92. The van der Waals surface area contributed by atoms with Gasteiger partial charge >= 0.3 is 0 Å². The quantitative estimate of drug-likeness (QED) is 0.351. The first-order valence-electron chi connectivity index (χ1n) is 8.64. The Morgan fingerprint density at radius 1 is 1.18 bits per heavy atom. The van der Waals surface area contributed by atoms with Gasteiger partial charge in [-0.2, -0.15) is 4.98 Å². The summed E-state index contributed by atoms with van der Waals surface area (Å²) in [5.41, 5.74) is 0.608. The van der Waals surface area contributed by atoms with E-state index in [1.807, 2.05) is 13.8 Å². The predicted molar refractivity (Wildman–Crippen MR) is 111 cm³/mol. The van der Waals surface area contributed by atoms with Crippen LogP contribution in [0.4, 0.5) is 17.5 Å². The van der Waals surface area contributed by atoms with Crippen molar-refractivity contribution in [2.45, 2.75) is 24.8 Å². The van der Waals surface area contributed by atoms with Crippen LogP contribution in [0.1, 0.15) is 13.8 Å². The Kier molecular flexibility index (Phi) is 8.13. The second-order valence-corrected chi connectivity index (χ2v) is 8.96. The summed E-state index contributed by atoms with van der Waals surface area (Å²) in [6.07, 6.45) is 1.59. The van der Waals surface area contributed by atoms with Crippen LogP contribution in [0.25, 0.3) is 0 Å². The molecule has 28 heavy (non-hydrogen) atoms. The number of halogens is 1. The van der Waals surface area contributed by atoms with E-state index in [2.05, 4.69) is 41.3 Å². The van der Waals surface area contributed by atoms with Gasteiger partial charge < -0.3 is 20.8 Å². The topological polar surface area (TPSA) is 136 Å². The predicted octanol–water partition coefficient (Wildman–Crippen LogP) is 1.68. The first kappa shape index (κ1) is 22.5. The molecule has 0 aliphatic rings. The molecule has 154 valence electrons. The van der Waals surface area contributed by atoms with Crippen molar-refractivity contribution in [2.24, 2.45) is 5.92 Å². The van der Waals surface area contributed by atoms with E-state index in [-0.39, 0.29) is 36.6 Å². The normalized spacial score (nSPS) is 12.8. The number of sulfonamides is 1. The Morgan fingerprint density at radius 2 is 1.86 bits per heavy atom. The van der Waals surface area contributed by atoms with E-state index in [1.54, 1.807) is 18.3 Å². The third kappa shape index (κ3) is 6.11. The number of aliphatic hydroxyl groups excluding tert-OH is 2. The van der Waals surface area contributed by atoms with Gasteiger partial charge in [-0.15, -0.1) is 0 Å². The Balaban J connectivity index is 2.14. The van der Waals surface area contributed by atoms with Crippen molar-refractivity contribution in [3.8, 4) is 0 Å². The molecule has 5 N–H and O–H groups in total. The average molecular weight is 474 g/mol. The van der Waals surface area contributed by atoms with Crippen molar-refractivity contribution in [1.29, 1.82) is 0 Å². The van der Waals surface area contributed by atoms with Crippen LogP contribution in [0.2, 0.25) is 0 Å². The van der Waals surface area contributed by atoms with E-state index < -0.39 is 10.0 Å². The zero-order valence-corrected chi connectivity index (χ0v) is 18.0. The lowest BCUT2D eigenvalue weighted by Gasteiger charge is -2.21. The molecular weight excluding hydrogens is 450 g/mol. The Bertz CT molecular complexity index is 878. The highest BCUT2D eigenvalue weighted by Crippen LogP contribution is 2.24. The molecule has 11 heteroatoms. The van der Waals surface area contributed by atoms with Gasteiger partial charge in [0.15, 0.2) is 0 Å². The molecule has 1 atom stereocenters. The van der Waals surface area contributed by atoms with Crippen molar-refractivity contribution < 1.29 is 18.6 Å². The summed E-state index contributed by atoms with van der Waals surface area (Å²) in [6.45, 7) is 3.64. The van der Waals surface area contributed by atoms with E-state index in [4.69, 9.17) is 5.11 Å². The molecule has 0 radical (unpaired) electrons. The Labute approximate surface area is 172 Å². The number of benzene rings is 1. The zero-order chi connectivity index (χ0) is 20.7. The number of nitrogens with one attached hydrogen (secondary N) is 3. The van der Waals surface area contributed by atoms with E-state index in [9.17, 15) is 13.5 Å². The SMILES string of the molecule is CC(C)[C@H](CO)Nc1nc(Nc2ccc(S(=O)(=O)NCCO)cc2)ncc1Br. The third-order valence-electron chi connectivity index (χ3n) is 3.89. The molecule has 2 rings (SSSR count). The average Bonchev–Trinajstić information content (AvgIpc) is 2.67. The number of nitrogens with zero attached hydrogens (tertiary/aromatic N) is 2. The maximum Gasteiger partial charge on any atom is 0.240 e. The van der Waals surface area contributed by atoms with Gasteiger partial charge in [-0.05, 0) is 46.1 Å². The van der Waals surface area contributed by atoms with E-state index in [1.165, 1.54) is 12.1 Å². The van der Waals surface area contributed by atoms with Gasteiger partial charge in [0.25, 0.3) is 0 Å². The summed E-state index contributed by atoms with van der Waals surface area (Å²) >= 11 is 3.39. The number of hydrogen-bond donors (Lipinski definition) is 5. The zero-order valence-electron chi connectivity index (χ0n) is 15.6. The molecule has 0 fully saturated rings. The largest absolute Gasteiger partial charge is 0.395 e. The van der Waals surface area contributed by atoms with Crippen molar-refractivity contribution in [1.82, 2.24) is 14.7 Å². The third-order valence-corrected chi connectivity index (χ3v) is 5.95. The molecule has 0 saturated carbocycles. The maximum absolute atomic E-state index is 12.0.